The Morgan fingerprint density at radius 2 is 1.71 bits per heavy atom. The first-order valence-electron chi connectivity index (χ1n) is 8.94. The van der Waals surface area contributed by atoms with Crippen LogP contribution in [0.1, 0.15) is 60.5 Å². The van der Waals surface area contributed by atoms with Gasteiger partial charge in [0.1, 0.15) is 5.60 Å². The van der Waals surface area contributed by atoms with Crippen LogP contribution in [0.2, 0.25) is 0 Å². The van der Waals surface area contributed by atoms with E-state index < -0.39 is 5.60 Å². The van der Waals surface area contributed by atoms with Gasteiger partial charge >= 0.3 is 5.97 Å². The van der Waals surface area contributed by atoms with Gasteiger partial charge in [0.25, 0.3) is 0 Å². The highest BCUT2D eigenvalue weighted by molar-refractivity contribution is 5.67. The van der Waals surface area contributed by atoms with Crippen LogP contribution >= 0.6 is 0 Å². The van der Waals surface area contributed by atoms with Crippen LogP contribution in [-0.2, 0) is 15.1 Å². The molecule has 1 fully saturated rings. The monoisotopic (exact) mass is 331 g/mol. The van der Waals surface area contributed by atoms with Gasteiger partial charge in [-0.25, -0.2) is 0 Å². The number of piperidine rings is 1. The second kappa shape index (κ2) is 6.51. The van der Waals surface area contributed by atoms with Crippen molar-refractivity contribution in [1.29, 1.82) is 0 Å². The van der Waals surface area contributed by atoms with Crippen LogP contribution in [0.15, 0.2) is 30.3 Å². The average Bonchev–Trinajstić information content (AvgIpc) is 2.45. The molecule has 1 aliphatic rings. The van der Waals surface area contributed by atoms with Gasteiger partial charge in [0.15, 0.2) is 0 Å². The number of nitrogens with zero attached hydrogens (tertiary/aromatic N) is 1. The van der Waals surface area contributed by atoms with E-state index in [2.05, 4.69) is 58.6 Å². The lowest BCUT2D eigenvalue weighted by atomic mass is 9.69. The van der Waals surface area contributed by atoms with E-state index in [1.807, 2.05) is 18.2 Å². The smallest absolute Gasteiger partial charge is 0.303 e. The third-order valence-electron chi connectivity index (χ3n) is 5.28. The molecule has 3 heteroatoms. The van der Waals surface area contributed by atoms with Crippen molar-refractivity contribution < 1.29 is 9.53 Å². The van der Waals surface area contributed by atoms with Crippen LogP contribution in [0.5, 0.6) is 0 Å². The summed E-state index contributed by atoms with van der Waals surface area (Å²) in [6, 6.07) is 10.3. The quantitative estimate of drug-likeness (QED) is 0.741. The van der Waals surface area contributed by atoms with E-state index in [0.29, 0.717) is 5.92 Å². The Morgan fingerprint density at radius 1 is 1.12 bits per heavy atom. The summed E-state index contributed by atoms with van der Waals surface area (Å²) in [4.78, 5) is 14.4. The van der Waals surface area contributed by atoms with Gasteiger partial charge in [-0.15, -0.1) is 0 Å². The number of carbonyl (C=O) groups is 1. The second-order valence-electron chi connectivity index (χ2n) is 9.27. The maximum Gasteiger partial charge on any atom is 0.303 e. The van der Waals surface area contributed by atoms with E-state index in [9.17, 15) is 4.79 Å². The molecule has 0 aromatic heterocycles. The number of esters is 1. The topological polar surface area (TPSA) is 29.5 Å². The van der Waals surface area contributed by atoms with Crippen molar-refractivity contribution in [1.82, 2.24) is 4.90 Å². The van der Waals surface area contributed by atoms with Gasteiger partial charge in [-0.2, -0.15) is 0 Å². The molecule has 24 heavy (non-hydrogen) atoms. The van der Waals surface area contributed by atoms with Crippen LogP contribution in [-0.4, -0.2) is 29.5 Å². The molecule has 2 atom stereocenters. The van der Waals surface area contributed by atoms with Gasteiger partial charge in [-0.3, -0.25) is 9.69 Å². The molecule has 0 radical (unpaired) electrons. The van der Waals surface area contributed by atoms with E-state index in [0.717, 1.165) is 25.1 Å². The first-order valence-corrected chi connectivity index (χ1v) is 8.94. The third-order valence-corrected chi connectivity index (χ3v) is 5.28. The van der Waals surface area contributed by atoms with E-state index in [4.69, 9.17) is 4.74 Å². The SMILES string of the molecule is CC(=O)O[C@]1(c2ccccc2)C[C@@H](C(C)(C)C)CN(C(C)(C)C)C1. The highest BCUT2D eigenvalue weighted by Gasteiger charge is 2.48. The predicted molar refractivity (Wildman–Crippen MR) is 98.8 cm³/mol. The maximum atomic E-state index is 12.0. The number of benzene rings is 1. The largest absolute Gasteiger partial charge is 0.453 e. The molecule has 1 heterocycles. The Balaban J connectivity index is 2.52. The molecule has 134 valence electrons. The number of hydrogen-bond donors (Lipinski definition) is 0. The van der Waals surface area contributed by atoms with Crippen molar-refractivity contribution in [3.8, 4) is 0 Å². The van der Waals surface area contributed by atoms with Crippen molar-refractivity contribution in [2.24, 2.45) is 11.3 Å². The van der Waals surface area contributed by atoms with E-state index >= 15 is 0 Å². The number of likely N-dealkylation sites (tertiary alicyclic amines) is 1. The van der Waals surface area contributed by atoms with Gasteiger partial charge < -0.3 is 4.74 Å². The number of hydrogen-bond acceptors (Lipinski definition) is 3. The van der Waals surface area contributed by atoms with E-state index in [-0.39, 0.29) is 16.9 Å². The molecule has 0 saturated carbocycles. The minimum absolute atomic E-state index is 0.0318. The fraction of sp³-hybridized carbons (Fsp3) is 0.667. The summed E-state index contributed by atoms with van der Waals surface area (Å²) in [5, 5.41) is 0. The molecule has 0 amide bonds. The van der Waals surface area contributed by atoms with Gasteiger partial charge in [0.2, 0.25) is 0 Å². The molecule has 1 aromatic rings. The summed E-state index contributed by atoms with van der Waals surface area (Å²) in [6.07, 6.45) is 0.868. The first kappa shape index (κ1) is 19.0. The Labute approximate surface area is 147 Å². The standard InChI is InChI=1S/C21H33NO2/c1-16(23)24-21(17-11-9-8-10-12-17)13-18(19(2,3)4)14-22(15-21)20(5,6)7/h8-12,18H,13-15H2,1-7H3/t18-,21-/m1/s1. The highest BCUT2D eigenvalue weighted by Crippen LogP contribution is 2.45. The third kappa shape index (κ3) is 4.18. The zero-order valence-corrected chi connectivity index (χ0v) is 16.3. The molecule has 0 aliphatic carbocycles. The van der Waals surface area contributed by atoms with Crippen LogP contribution in [0.4, 0.5) is 0 Å². The van der Waals surface area contributed by atoms with Crippen LogP contribution in [0.3, 0.4) is 0 Å². The minimum atomic E-state index is -0.573. The number of carbonyl (C=O) groups excluding carboxylic acids is 1. The lowest BCUT2D eigenvalue weighted by Crippen LogP contribution is -2.59. The number of rotatable bonds is 2. The lowest BCUT2D eigenvalue weighted by Gasteiger charge is -2.53. The summed E-state index contributed by atoms with van der Waals surface area (Å²) < 4.78 is 6.04. The molecule has 0 spiro atoms. The highest BCUT2D eigenvalue weighted by atomic mass is 16.6. The van der Waals surface area contributed by atoms with Crippen LogP contribution < -0.4 is 0 Å². The Morgan fingerprint density at radius 3 is 2.17 bits per heavy atom. The molecule has 0 unspecified atom stereocenters. The Kier molecular flexibility index (Phi) is 5.15. The summed E-state index contributed by atoms with van der Waals surface area (Å²) >= 11 is 0. The average molecular weight is 332 g/mol. The van der Waals surface area contributed by atoms with Gasteiger partial charge in [-0.1, -0.05) is 51.1 Å². The van der Waals surface area contributed by atoms with Crippen molar-refractivity contribution in [3.63, 3.8) is 0 Å². The van der Waals surface area contributed by atoms with Crippen LogP contribution in [0.25, 0.3) is 0 Å². The molecular formula is C21H33NO2. The maximum absolute atomic E-state index is 12.0. The van der Waals surface area contributed by atoms with E-state index in [1.54, 1.807) is 0 Å². The molecule has 2 rings (SSSR count). The fourth-order valence-electron chi connectivity index (χ4n) is 3.62. The van der Waals surface area contributed by atoms with Gasteiger partial charge in [0, 0.05) is 25.6 Å². The lowest BCUT2D eigenvalue weighted by molar-refractivity contribution is -0.175. The fourth-order valence-corrected chi connectivity index (χ4v) is 3.62. The van der Waals surface area contributed by atoms with Crippen molar-refractivity contribution in [3.05, 3.63) is 35.9 Å². The zero-order valence-electron chi connectivity index (χ0n) is 16.3. The number of ether oxygens (including phenoxy) is 1. The van der Waals surface area contributed by atoms with Crippen molar-refractivity contribution in [2.75, 3.05) is 13.1 Å². The normalized spacial score (nSPS) is 26.2. The molecule has 1 aliphatic heterocycles. The molecular weight excluding hydrogens is 298 g/mol. The summed E-state index contributed by atoms with van der Waals surface area (Å²) in [7, 11) is 0. The molecule has 3 nitrogen and oxygen atoms in total. The first-order chi connectivity index (χ1) is 10.9. The van der Waals surface area contributed by atoms with Gasteiger partial charge in [-0.05, 0) is 44.1 Å². The predicted octanol–water partition coefficient (Wildman–Crippen LogP) is 4.61. The Hall–Kier alpha value is -1.35. The van der Waals surface area contributed by atoms with Crippen LogP contribution in [0, 0.1) is 11.3 Å². The van der Waals surface area contributed by atoms with Crippen molar-refractivity contribution >= 4 is 5.97 Å². The van der Waals surface area contributed by atoms with Crippen molar-refractivity contribution in [2.45, 2.75) is 66.0 Å². The molecule has 1 saturated heterocycles. The minimum Gasteiger partial charge on any atom is -0.453 e. The van der Waals surface area contributed by atoms with E-state index in [1.165, 1.54) is 6.92 Å². The summed E-state index contributed by atoms with van der Waals surface area (Å²) in [5.74, 6) is 0.243. The Bertz CT molecular complexity index is 544. The zero-order chi connectivity index (χ0) is 18.2. The molecule has 1 aromatic carbocycles. The molecule has 0 bridgehead atoms. The summed E-state index contributed by atoms with van der Waals surface area (Å²) in [5.41, 5.74) is 0.716. The van der Waals surface area contributed by atoms with Gasteiger partial charge in [0.05, 0.1) is 0 Å². The molecule has 0 N–H and O–H groups in total. The summed E-state index contributed by atoms with van der Waals surface area (Å²) in [6.45, 7) is 16.9. The second-order valence-corrected chi connectivity index (χ2v) is 9.27.